The second kappa shape index (κ2) is 13.3. The van der Waals surface area contributed by atoms with E-state index in [4.69, 9.17) is 14.3 Å². The van der Waals surface area contributed by atoms with Crippen LogP contribution in [-0.4, -0.2) is 45.5 Å². The fraction of sp³-hybridized carbons (Fsp3) is 0.355. The van der Waals surface area contributed by atoms with Crippen molar-refractivity contribution in [3.05, 3.63) is 82.2 Å². The lowest BCUT2D eigenvalue weighted by atomic mass is 10.0. The number of thiophene rings is 1. The summed E-state index contributed by atoms with van der Waals surface area (Å²) in [6.07, 6.45) is 3.94. The monoisotopic (exact) mass is 534 g/mol. The summed E-state index contributed by atoms with van der Waals surface area (Å²) >= 11 is 1.71. The van der Waals surface area contributed by atoms with Gasteiger partial charge in [-0.1, -0.05) is 50.8 Å². The van der Waals surface area contributed by atoms with Crippen molar-refractivity contribution in [1.82, 2.24) is 4.90 Å². The average Bonchev–Trinajstić information content (AvgIpc) is 3.35. The summed E-state index contributed by atoms with van der Waals surface area (Å²) in [7, 11) is 5.14. The van der Waals surface area contributed by atoms with Gasteiger partial charge in [0.25, 0.3) is 0 Å². The largest absolute Gasteiger partial charge is 0.493 e. The summed E-state index contributed by atoms with van der Waals surface area (Å²) in [6, 6.07) is 17.3. The summed E-state index contributed by atoms with van der Waals surface area (Å²) < 4.78 is 10.7. The molecule has 1 aromatic heterocycles. The van der Waals surface area contributed by atoms with E-state index in [0.29, 0.717) is 12.5 Å². The van der Waals surface area contributed by atoms with Crippen LogP contribution in [0.2, 0.25) is 0 Å². The van der Waals surface area contributed by atoms with E-state index in [1.54, 1.807) is 30.5 Å². The predicted molar refractivity (Wildman–Crippen MR) is 157 cm³/mol. The van der Waals surface area contributed by atoms with Crippen molar-refractivity contribution >= 4 is 34.9 Å². The summed E-state index contributed by atoms with van der Waals surface area (Å²) in [6.45, 7) is 11.2. The number of anilines is 1. The van der Waals surface area contributed by atoms with Crippen molar-refractivity contribution in [2.24, 2.45) is 5.92 Å². The molecule has 0 N–H and O–H groups in total. The number of benzene rings is 2. The minimum absolute atomic E-state index is 0.00652. The van der Waals surface area contributed by atoms with Crippen molar-refractivity contribution in [3.8, 4) is 11.5 Å². The number of fused-ring (bicyclic) bond motifs is 1. The Morgan fingerprint density at radius 1 is 0.895 bits per heavy atom. The Hall–Kier alpha value is -3.58. The molecule has 2 heterocycles. The normalized spacial score (nSPS) is 12.8. The molecule has 1 aliphatic rings. The van der Waals surface area contributed by atoms with Crippen molar-refractivity contribution in [3.63, 3.8) is 0 Å². The van der Waals surface area contributed by atoms with Gasteiger partial charge in [0.1, 0.15) is 11.8 Å². The lowest BCUT2D eigenvalue weighted by Crippen LogP contribution is -2.45. The second-order valence-electron chi connectivity index (χ2n) is 9.76. The predicted octanol–water partition coefficient (Wildman–Crippen LogP) is 6.85. The van der Waals surface area contributed by atoms with Crippen LogP contribution < -0.4 is 14.4 Å². The van der Waals surface area contributed by atoms with Crippen LogP contribution in [0.3, 0.4) is 0 Å². The van der Waals surface area contributed by atoms with Crippen LogP contribution in [0.25, 0.3) is 5.70 Å². The number of carbonyl (C=O) groups excluding carboxylic acids is 2. The maximum absolute atomic E-state index is 12.9. The van der Waals surface area contributed by atoms with E-state index < -0.39 is 0 Å². The zero-order chi connectivity index (χ0) is 27.8. The molecule has 0 unspecified atom stereocenters. The Morgan fingerprint density at radius 3 is 2.13 bits per heavy atom. The minimum Gasteiger partial charge on any atom is -0.493 e. The molecular weight excluding hydrogens is 496 g/mol. The summed E-state index contributed by atoms with van der Waals surface area (Å²) in [5, 5.41) is 1.03. The molecule has 0 fully saturated rings. The van der Waals surface area contributed by atoms with Gasteiger partial charge >= 0.3 is 6.03 Å². The van der Waals surface area contributed by atoms with Crippen molar-refractivity contribution in [2.45, 2.75) is 39.5 Å². The first-order valence-electron chi connectivity index (χ1n) is 12.8. The summed E-state index contributed by atoms with van der Waals surface area (Å²) in [5.41, 5.74) is 5.72. The van der Waals surface area contributed by atoms with Crippen LogP contribution >= 0.6 is 11.3 Å². The third-order valence-electron chi connectivity index (χ3n) is 6.57. The van der Waals surface area contributed by atoms with Gasteiger partial charge in [0.2, 0.25) is 0 Å². The first-order valence-corrected chi connectivity index (χ1v) is 13.6. The highest BCUT2D eigenvalue weighted by atomic mass is 32.1. The lowest BCUT2D eigenvalue weighted by molar-refractivity contribution is -0.0980. The molecular formula is C31H38N2O4S. The molecule has 6 nitrogen and oxygen atoms in total. The molecule has 0 saturated carbocycles. The average molecular weight is 535 g/mol. The molecule has 7 heteroatoms. The zero-order valence-electron chi connectivity index (χ0n) is 23.1. The highest BCUT2D eigenvalue weighted by molar-refractivity contribution is 7.16. The standard InChI is InChI=1S/C30H36N2O3S.CH2O/c1-20(2)19-32-29-26(21(3)31(4)30(32)33)18-25(36-29)16-24-12-10-22(11-13-24)8-7-9-23-14-15-27(34-5)28(17-23)35-6;1-2/h10-15,17-18,20H,3,7-9,16,19H2,1-2,4-6H3;1H2. The van der Waals surface area contributed by atoms with Crippen LogP contribution in [0.5, 0.6) is 11.5 Å². The third kappa shape index (κ3) is 6.64. The fourth-order valence-corrected chi connectivity index (χ4v) is 5.79. The Balaban J connectivity index is 0.00000195. The van der Waals surface area contributed by atoms with Gasteiger partial charge in [-0.3, -0.25) is 9.80 Å². The molecule has 202 valence electrons. The maximum Gasteiger partial charge on any atom is 0.329 e. The first-order chi connectivity index (χ1) is 18.3. The quantitative estimate of drug-likeness (QED) is 0.286. The molecule has 1 aliphatic heterocycles. The van der Waals surface area contributed by atoms with Crippen LogP contribution in [0.4, 0.5) is 9.80 Å². The number of rotatable bonds is 10. The van der Waals surface area contributed by atoms with Crippen molar-refractivity contribution in [2.75, 3.05) is 32.7 Å². The summed E-state index contributed by atoms with van der Waals surface area (Å²) in [5.74, 6) is 1.94. The molecule has 3 aromatic rings. The van der Waals surface area contributed by atoms with Crippen molar-refractivity contribution in [1.29, 1.82) is 0 Å². The van der Waals surface area contributed by atoms with E-state index in [1.807, 2.05) is 24.8 Å². The maximum atomic E-state index is 12.9. The van der Waals surface area contributed by atoms with Gasteiger partial charge in [0.05, 0.1) is 14.2 Å². The number of ether oxygens (including phenoxy) is 2. The zero-order valence-corrected chi connectivity index (χ0v) is 23.9. The van der Waals surface area contributed by atoms with E-state index in [1.165, 1.54) is 21.6 Å². The SMILES string of the molecule is C=C1c2cc(Cc3ccc(CCCc4ccc(OC)c(OC)c4)cc3)sc2N(CC(C)C)C(=O)N1C.C=O. The van der Waals surface area contributed by atoms with Gasteiger partial charge in [-0.2, -0.15) is 0 Å². The molecule has 2 amide bonds. The van der Waals surface area contributed by atoms with Crippen LogP contribution in [0.1, 0.15) is 47.4 Å². The molecule has 0 aliphatic carbocycles. The molecule has 0 bridgehead atoms. The Morgan fingerprint density at radius 2 is 1.50 bits per heavy atom. The molecule has 2 aromatic carbocycles. The Labute approximate surface area is 230 Å². The smallest absolute Gasteiger partial charge is 0.329 e. The second-order valence-corrected chi connectivity index (χ2v) is 10.9. The van der Waals surface area contributed by atoms with E-state index in [9.17, 15) is 4.79 Å². The molecule has 0 spiro atoms. The number of urea groups is 1. The Kier molecular flexibility index (Phi) is 10.1. The van der Waals surface area contributed by atoms with E-state index in [2.05, 4.69) is 62.9 Å². The number of methoxy groups -OCH3 is 2. The van der Waals surface area contributed by atoms with E-state index >= 15 is 0 Å². The third-order valence-corrected chi connectivity index (χ3v) is 7.73. The van der Waals surface area contributed by atoms with Gasteiger partial charge in [-0.05, 0) is 60.1 Å². The first kappa shape index (κ1) is 29.0. The number of amides is 2. The Bertz CT molecular complexity index is 1250. The number of carbonyl (C=O) groups is 2. The van der Waals surface area contributed by atoms with Gasteiger partial charge in [-0.25, -0.2) is 4.79 Å². The fourth-order valence-electron chi connectivity index (χ4n) is 4.57. The van der Waals surface area contributed by atoms with Gasteiger partial charge in [-0.15, -0.1) is 11.3 Å². The molecule has 0 atom stereocenters. The number of nitrogens with zero attached hydrogens (tertiary/aromatic N) is 2. The van der Waals surface area contributed by atoms with Crippen LogP contribution in [0, 0.1) is 5.92 Å². The van der Waals surface area contributed by atoms with Crippen molar-refractivity contribution < 1.29 is 19.1 Å². The van der Waals surface area contributed by atoms with Gasteiger partial charge in [0, 0.05) is 36.2 Å². The number of hydrogen-bond acceptors (Lipinski definition) is 5. The highest BCUT2D eigenvalue weighted by Crippen LogP contribution is 2.42. The number of aryl methyl sites for hydroxylation is 2. The van der Waals surface area contributed by atoms with E-state index in [0.717, 1.165) is 53.4 Å². The molecule has 0 radical (unpaired) electrons. The van der Waals surface area contributed by atoms with Crippen LogP contribution in [0.15, 0.2) is 55.1 Å². The topological polar surface area (TPSA) is 59.1 Å². The van der Waals surface area contributed by atoms with Crippen LogP contribution in [-0.2, 0) is 24.1 Å². The minimum atomic E-state index is 0.00652. The van der Waals surface area contributed by atoms with Gasteiger partial charge < -0.3 is 14.3 Å². The molecule has 0 saturated heterocycles. The number of hydrogen-bond donors (Lipinski definition) is 0. The van der Waals surface area contributed by atoms with E-state index in [-0.39, 0.29) is 6.03 Å². The molecule has 4 rings (SSSR count). The van der Waals surface area contributed by atoms with Gasteiger partial charge in [0.15, 0.2) is 11.5 Å². The summed E-state index contributed by atoms with van der Waals surface area (Å²) in [4.78, 5) is 25.7. The molecule has 38 heavy (non-hydrogen) atoms. The highest BCUT2D eigenvalue weighted by Gasteiger charge is 2.33. The lowest BCUT2D eigenvalue weighted by Gasteiger charge is -2.35.